The molecule has 18 heavy (non-hydrogen) atoms. The van der Waals surface area contributed by atoms with Gasteiger partial charge in [-0.25, -0.2) is 4.98 Å². The maximum Gasteiger partial charge on any atom is 0.110 e. The van der Waals surface area contributed by atoms with E-state index in [1.54, 1.807) is 0 Å². The third kappa shape index (κ3) is 2.90. The van der Waals surface area contributed by atoms with Gasteiger partial charge in [0.2, 0.25) is 0 Å². The molecule has 5 heteroatoms. The fourth-order valence-electron chi connectivity index (χ4n) is 1.97. The summed E-state index contributed by atoms with van der Waals surface area (Å²) in [6.45, 7) is 3.01. The molecule has 1 aromatic heterocycles. The zero-order valence-corrected chi connectivity index (χ0v) is 11.1. The van der Waals surface area contributed by atoms with Gasteiger partial charge < -0.3 is 4.57 Å². The first-order valence-corrected chi connectivity index (χ1v) is 6.34. The molecular formula is C13H17ClN4. The Kier molecular flexibility index (Phi) is 4.36. The molecule has 0 aliphatic heterocycles. The van der Waals surface area contributed by atoms with Crippen molar-refractivity contribution in [2.24, 2.45) is 5.84 Å². The van der Waals surface area contributed by atoms with Crippen LogP contribution in [0.15, 0.2) is 36.7 Å². The van der Waals surface area contributed by atoms with Gasteiger partial charge in [0.25, 0.3) is 0 Å². The predicted molar refractivity (Wildman–Crippen MR) is 73.1 cm³/mol. The normalized spacial score (nSPS) is 12.6. The van der Waals surface area contributed by atoms with E-state index in [1.165, 1.54) is 0 Å². The molecule has 0 aliphatic carbocycles. The number of nitrogens with zero attached hydrogens (tertiary/aromatic N) is 2. The fraction of sp³-hybridized carbons (Fsp3) is 0.308. The molecule has 2 rings (SSSR count). The smallest absolute Gasteiger partial charge is 0.110 e. The average Bonchev–Trinajstić information content (AvgIpc) is 2.84. The van der Waals surface area contributed by atoms with Crippen LogP contribution in [-0.2, 0) is 13.0 Å². The van der Waals surface area contributed by atoms with Gasteiger partial charge in [-0.3, -0.25) is 11.3 Å². The Balaban J connectivity index is 2.17. The van der Waals surface area contributed by atoms with Gasteiger partial charge in [-0.1, -0.05) is 23.7 Å². The van der Waals surface area contributed by atoms with Crippen molar-refractivity contribution in [2.75, 3.05) is 0 Å². The molecule has 0 radical (unpaired) electrons. The van der Waals surface area contributed by atoms with Crippen molar-refractivity contribution < 1.29 is 0 Å². The number of hydrazine groups is 1. The Hall–Kier alpha value is -1.36. The Morgan fingerprint density at radius 3 is 2.72 bits per heavy atom. The molecule has 1 unspecified atom stereocenters. The standard InChI is InChI=1S/C13H17ClN4/c1-2-18-8-7-16-13(18)9-12(17-15)10-3-5-11(14)6-4-10/h3-8,12,17H,2,9,15H2,1H3. The Bertz CT molecular complexity index is 492. The summed E-state index contributed by atoms with van der Waals surface area (Å²) >= 11 is 5.88. The van der Waals surface area contributed by atoms with E-state index in [2.05, 4.69) is 21.9 Å². The summed E-state index contributed by atoms with van der Waals surface area (Å²) in [6.07, 6.45) is 4.54. The highest BCUT2D eigenvalue weighted by molar-refractivity contribution is 6.30. The first-order valence-electron chi connectivity index (χ1n) is 5.96. The van der Waals surface area contributed by atoms with Crippen LogP contribution in [0.2, 0.25) is 5.02 Å². The third-order valence-electron chi connectivity index (χ3n) is 3.00. The molecule has 0 aliphatic rings. The lowest BCUT2D eigenvalue weighted by molar-refractivity contribution is 0.523. The topological polar surface area (TPSA) is 55.9 Å². The second kappa shape index (κ2) is 6.00. The first kappa shape index (κ1) is 13.1. The van der Waals surface area contributed by atoms with Crippen molar-refractivity contribution in [1.82, 2.24) is 15.0 Å². The van der Waals surface area contributed by atoms with E-state index in [1.807, 2.05) is 36.7 Å². The lowest BCUT2D eigenvalue weighted by Crippen LogP contribution is -2.30. The molecule has 4 nitrogen and oxygen atoms in total. The Morgan fingerprint density at radius 2 is 2.11 bits per heavy atom. The van der Waals surface area contributed by atoms with E-state index < -0.39 is 0 Å². The SMILES string of the molecule is CCn1ccnc1CC(NN)c1ccc(Cl)cc1. The summed E-state index contributed by atoms with van der Waals surface area (Å²) in [5.74, 6) is 6.65. The van der Waals surface area contributed by atoms with Gasteiger partial charge in [0, 0.05) is 30.4 Å². The van der Waals surface area contributed by atoms with E-state index in [4.69, 9.17) is 17.4 Å². The van der Waals surface area contributed by atoms with Crippen LogP contribution in [0.1, 0.15) is 24.4 Å². The van der Waals surface area contributed by atoms with Crippen molar-refractivity contribution in [3.05, 3.63) is 53.1 Å². The number of nitrogens with two attached hydrogens (primary N) is 1. The van der Waals surface area contributed by atoms with Crippen LogP contribution in [0.4, 0.5) is 0 Å². The number of nitrogens with one attached hydrogen (secondary N) is 1. The van der Waals surface area contributed by atoms with Crippen molar-refractivity contribution in [2.45, 2.75) is 25.9 Å². The Morgan fingerprint density at radius 1 is 1.39 bits per heavy atom. The largest absolute Gasteiger partial charge is 0.335 e. The number of benzene rings is 1. The second-order valence-electron chi connectivity index (χ2n) is 4.10. The number of rotatable bonds is 5. The predicted octanol–water partition coefficient (Wildman–Crippen LogP) is 2.30. The second-order valence-corrected chi connectivity index (χ2v) is 4.54. The van der Waals surface area contributed by atoms with Gasteiger partial charge in [0.05, 0.1) is 6.04 Å². The van der Waals surface area contributed by atoms with Crippen molar-refractivity contribution >= 4 is 11.6 Å². The summed E-state index contributed by atoms with van der Waals surface area (Å²) < 4.78 is 2.11. The number of halogens is 1. The molecule has 0 saturated carbocycles. The number of aromatic nitrogens is 2. The van der Waals surface area contributed by atoms with E-state index in [0.29, 0.717) is 0 Å². The molecule has 1 heterocycles. The van der Waals surface area contributed by atoms with Crippen molar-refractivity contribution in [1.29, 1.82) is 0 Å². The van der Waals surface area contributed by atoms with Gasteiger partial charge >= 0.3 is 0 Å². The van der Waals surface area contributed by atoms with Crippen molar-refractivity contribution in [3.8, 4) is 0 Å². The summed E-state index contributed by atoms with van der Waals surface area (Å²) in [7, 11) is 0. The van der Waals surface area contributed by atoms with Crippen LogP contribution in [-0.4, -0.2) is 9.55 Å². The van der Waals surface area contributed by atoms with Crippen LogP contribution in [0.25, 0.3) is 0 Å². The summed E-state index contributed by atoms with van der Waals surface area (Å²) in [5, 5.41) is 0.726. The fourth-order valence-corrected chi connectivity index (χ4v) is 2.09. The minimum Gasteiger partial charge on any atom is -0.335 e. The van der Waals surface area contributed by atoms with Crippen LogP contribution >= 0.6 is 11.6 Å². The van der Waals surface area contributed by atoms with Gasteiger partial charge in [-0.2, -0.15) is 0 Å². The monoisotopic (exact) mass is 264 g/mol. The van der Waals surface area contributed by atoms with Gasteiger partial charge in [0.1, 0.15) is 5.82 Å². The summed E-state index contributed by atoms with van der Waals surface area (Å²) in [4.78, 5) is 4.36. The summed E-state index contributed by atoms with van der Waals surface area (Å²) in [6, 6.07) is 7.73. The van der Waals surface area contributed by atoms with E-state index in [0.717, 1.165) is 29.4 Å². The molecule has 96 valence electrons. The molecule has 1 atom stereocenters. The average molecular weight is 265 g/mol. The zero-order valence-electron chi connectivity index (χ0n) is 10.3. The maximum atomic E-state index is 5.88. The minimum atomic E-state index is 0.0370. The molecule has 0 fully saturated rings. The van der Waals surface area contributed by atoms with Gasteiger partial charge in [-0.15, -0.1) is 0 Å². The molecule has 0 amide bonds. The number of aryl methyl sites for hydroxylation is 1. The van der Waals surface area contributed by atoms with E-state index in [-0.39, 0.29) is 6.04 Å². The zero-order chi connectivity index (χ0) is 13.0. The number of imidazole rings is 1. The number of hydrogen-bond acceptors (Lipinski definition) is 3. The van der Waals surface area contributed by atoms with Gasteiger partial charge in [0.15, 0.2) is 0 Å². The molecule has 0 bridgehead atoms. The van der Waals surface area contributed by atoms with Crippen LogP contribution in [0.5, 0.6) is 0 Å². The molecule has 3 N–H and O–H groups in total. The van der Waals surface area contributed by atoms with E-state index >= 15 is 0 Å². The Labute approximate surface area is 112 Å². The molecule has 1 aromatic carbocycles. The molecule has 0 spiro atoms. The molecule has 0 saturated heterocycles. The minimum absolute atomic E-state index is 0.0370. The molecule has 2 aromatic rings. The highest BCUT2D eigenvalue weighted by atomic mass is 35.5. The number of hydrogen-bond donors (Lipinski definition) is 2. The van der Waals surface area contributed by atoms with E-state index in [9.17, 15) is 0 Å². The lowest BCUT2D eigenvalue weighted by Gasteiger charge is -2.16. The molecular weight excluding hydrogens is 248 g/mol. The maximum absolute atomic E-state index is 5.88. The quantitative estimate of drug-likeness (QED) is 0.644. The third-order valence-corrected chi connectivity index (χ3v) is 3.25. The van der Waals surface area contributed by atoms with Crippen molar-refractivity contribution in [3.63, 3.8) is 0 Å². The first-order chi connectivity index (χ1) is 8.74. The van der Waals surface area contributed by atoms with Crippen LogP contribution < -0.4 is 11.3 Å². The lowest BCUT2D eigenvalue weighted by atomic mass is 10.0. The van der Waals surface area contributed by atoms with Crippen LogP contribution in [0.3, 0.4) is 0 Å². The summed E-state index contributed by atoms with van der Waals surface area (Å²) in [5.41, 5.74) is 3.94. The van der Waals surface area contributed by atoms with Crippen LogP contribution in [0, 0.1) is 0 Å². The van der Waals surface area contributed by atoms with Gasteiger partial charge in [-0.05, 0) is 24.6 Å². The highest BCUT2D eigenvalue weighted by Gasteiger charge is 2.13. The highest BCUT2D eigenvalue weighted by Crippen LogP contribution is 2.19.